The number of hydrogen-bond acceptors (Lipinski definition) is 4. The van der Waals surface area contributed by atoms with E-state index in [9.17, 15) is 13.2 Å². The van der Waals surface area contributed by atoms with Crippen LogP contribution in [-0.2, 0) is 11.6 Å². The van der Waals surface area contributed by atoms with Crippen molar-refractivity contribution in [2.75, 3.05) is 11.9 Å². The summed E-state index contributed by atoms with van der Waals surface area (Å²) >= 11 is 5.36. The molecule has 2 aromatic carbocycles. The van der Waals surface area contributed by atoms with Crippen LogP contribution in [0.3, 0.4) is 0 Å². The van der Waals surface area contributed by atoms with Gasteiger partial charge in [-0.25, -0.2) is 4.98 Å². The number of para-hydroxylation sites is 1. The number of benzene rings is 2. The minimum absolute atomic E-state index is 0.0662. The molecule has 0 atom stereocenters. The van der Waals surface area contributed by atoms with E-state index in [0.29, 0.717) is 12.3 Å². The molecule has 0 radical (unpaired) electrons. The first-order valence-electron chi connectivity index (χ1n) is 10.6. The molecule has 3 aromatic rings. The van der Waals surface area contributed by atoms with Crippen LogP contribution in [0.25, 0.3) is 0 Å². The number of nitrogens with one attached hydrogen (secondary N) is 2. The second-order valence-electron chi connectivity index (χ2n) is 7.99. The summed E-state index contributed by atoms with van der Waals surface area (Å²) in [6.07, 6.45) is -0.394. The van der Waals surface area contributed by atoms with Crippen molar-refractivity contribution in [1.29, 1.82) is 0 Å². The molecule has 1 aliphatic carbocycles. The molecule has 5 nitrogen and oxygen atoms in total. The maximum Gasteiger partial charge on any atom is 0.433 e. The van der Waals surface area contributed by atoms with Crippen molar-refractivity contribution in [3.63, 3.8) is 0 Å². The summed E-state index contributed by atoms with van der Waals surface area (Å²) in [5.74, 6) is -0.152. The highest BCUT2D eigenvalue weighted by Crippen LogP contribution is 2.40. The van der Waals surface area contributed by atoms with Crippen molar-refractivity contribution in [3.8, 4) is 11.6 Å². The number of alkyl halides is 3. The van der Waals surface area contributed by atoms with Gasteiger partial charge in [0, 0.05) is 18.0 Å². The first kappa shape index (κ1) is 23.0. The lowest BCUT2D eigenvalue weighted by atomic mass is 9.79. The second kappa shape index (κ2) is 9.74. The van der Waals surface area contributed by atoms with Gasteiger partial charge in [-0.2, -0.15) is 18.2 Å². The number of hydrogen-bond donors (Lipinski definition) is 2. The van der Waals surface area contributed by atoms with E-state index in [2.05, 4.69) is 32.7 Å². The molecule has 0 saturated heterocycles. The zero-order valence-corrected chi connectivity index (χ0v) is 18.5. The molecule has 0 amide bonds. The van der Waals surface area contributed by atoms with Gasteiger partial charge in [0.25, 0.3) is 0 Å². The van der Waals surface area contributed by atoms with Gasteiger partial charge in [-0.3, -0.25) is 0 Å². The fourth-order valence-electron chi connectivity index (χ4n) is 4.09. The van der Waals surface area contributed by atoms with Gasteiger partial charge in [0.05, 0.1) is 0 Å². The van der Waals surface area contributed by atoms with Gasteiger partial charge in [-0.15, -0.1) is 0 Å². The van der Waals surface area contributed by atoms with Crippen LogP contribution in [0.5, 0.6) is 11.6 Å². The lowest BCUT2D eigenvalue weighted by molar-refractivity contribution is -0.141. The van der Waals surface area contributed by atoms with Crippen molar-refractivity contribution < 1.29 is 17.9 Å². The van der Waals surface area contributed by atoms with Crippen LogP contribution < -0.4 is 15.4 Å². The Labute approximate surface area is 195 Å². The monoisotopic (exact) mass is 472 g/mol. The van der Waals surface area contributed by atoms with Gasteiger partial charge >= 0.3 is 6.18 Å². The van der Waals surface area contributed by atoms with E-state index in [0.717, 1.165) is 31.7 Å². The van der Waals surface area contributed by atoms with Crippen LogP contribution in [0.15, 0.2) is 66.7 Å². The molecule has 0 spiro atoms. The minimum Gasteiger partial charge on any atom is -0.439 e. The van der Waals surface area contributed by atoms with Gasteiger partial charge in [0.2, 0.25) is 11.8 Å². The summed E-state index contributed by atoms with van der Waals surface area (Å²) in [5.41, 5.74) is 0.0421. The second-order valence-corrected chi connectivity index (χ2v) is 8.40. The minimum atomic E-state index is -4.66. The summed E-state index contributed by atoms with van der Waals surface area (Å²) in [7, 11) is 0. The Bertz CT molecular complexity index is 1090. The Morgan fingerprint density at radius 2 is 1.61 bits per heavy atom. The Kier molecular flexibility index (Phi) is 6.78. The predicted molar refractivity (Wildman–Crippen MR) is 124 cm³/mol. The summed E-state index contributed by atoms with van der Waals surface area (Å²) in [6, 6.07) is 19.4. The topological polar surface area (TPSA) is 59.1 Å². The Morgan fingerprint density at radius 1 is 0.970 bits per heavy atom. The number of ether oxygens (including phenoxy) is 1. The van der Waals surface area contributed by atoms with E-state index in [-0.39, 0.29) is 22.4 Å². The Hall–Kier alpha value is -3.20. The van der Waals surface area contributed by atoms with Gasteiger partial charge in [-0.05, 0) is 42.8 Å². The highest BCUT2D eigenvalue weighted by Gasteiger charge is 2.36. The van der Waals surface area contributed by atoms with Crippen molar-refractivity contribution in [1.82, 2.24) is 15.3 Å². The van der Waals surface area contributed by atoms with Crippen LogP contribution in [0, 0.1) is 0 Å². The molecule has 2 N–H and O–H groups in total. The third-order valence-electron chi connectivity index (χ3n) is 5.72. The molecule has 0 unspecified atom stereocenters. The Balaban J connectivity index is 1.49. The van der Waals surface area contributed by atoms with Crippen molar-refractivity contribution in [2.45, 2.75) is 37.3 Å². The number of rotatable bonds is 6. The molecular formula is C24H23F3N4OS. The van der Waals surface area contributed by atoms with Crippen LogP contribution in [0.1, 0.15) is 36.9 Å². The summed E-state index contributed by atoms with van der Waals surface area (Å²) in [4.78, 5) is 7.65. The van der Waals surface area contributed by atoms with Gasteiger partial charge in [0.1, 0.15) is 5.75 Å². The average Bonchev–Trinajstić information content (AvgIpc) is 3.29. The zero-order chi connectivity index (χ0) is 23.3. The smallest absolute Gasteiger partial charge is 0.433 e. The number of thiocarbonyl (C=S) groups is 1. The van der Waals surface area contributed by atoms with Crippen LogP contribution in [0.4, 0.5) is 19.1 Å². The lowest BCUT2D eigenvalue weighted by Crippen LogP contribution is -2.41. The first-order chi connectivity index (χ1) is 15.8. The molecule has 9 heteroatoms. The molecule has 0 bridgehead atoms. The Morgan fingerprint density at radius 3 is 2.24 bits per heavy atom. The predicted octanol–water partition coefficient (Wildman–Crippen LogP) is 6.09. The number of aromatic nitrogens is 2. The molecule has 1 aliphatic rings. The number of anilines is 1. The van der Waals surface area contributed by atoms with Crippen molar-refractivity contribution in [2.24, 2.45) is 0 Å². The average molecular weight is 473 g/mol. The summed E-state index contributed by atoms with van der Waals surface area (Å²) < 4.78 is 45.7. The van der Waals surface area contributed by atoms with Gasteiger partial charge < -0.3 is 15.4 Å². The van der Waals surface area contributed by atoms with E-state index in [4.69, 9.17) is 17.0 Å². The van der Waals surface area contributed by atoms with E-state index in [1.807, 2.05) is 18.2 Å². The number of halogens is 3. The highest BCUT2D eigenvalue weighted by atomic mass is 32.1. The van der Waals surface area contributed by atoms with E-state index >= 15 is 0 Å². The first-order valence-corrected chi connectivity index (χ1v) is 11.0. The largest absolute Gasteiger partial charge is 0.439 e. The van der Waals surface area contributed by atoms with Crippen molar-refractivity contribution in [3.05, 3.63) is 78.0 Å². The van der Waals surface area contributed by atoms with Crippen molar-refractivity contribution >= 4 is 23.3 Å². The number of nitrogens with zero attached hydrogens (tertiary/aromatic N) is 2. The van der Waals surface area contributed by atoms with Crippen LogP contribution >= 0.6 is 12.2 Å². The van der Waals surface area contributed by atoms with Gasteiger partial charge in [-0.1, -0.05) is 61.4 Å². The molecule has 4 rings (SSSR count). The molecule has 0 aliphatic heterocycles. The van der Waals surface area contributed by atoms with Gasteiger partial charge in [0.15, 0.2) is 10.8 Å². The fourth-order valence-corrected chi connectivity index (χ4v) is 4.26. The molecule has 1 aromatic heterocycles. The third-order valence-corrected chi connectivity index (χ3v) is 5.96. The highest BCUT2D eigenvalue weighted by molar-refractivity contribution is 7.80. The quantitative estimate of drug-likeness (QED) is 0.424. The summed E-state index contributed by atoms with van der Waals surface area (Å²) in [6.45, 7) is 0.565. The van der Waals surface area contributed by atoms with Crippen LogP contribution in [-0.4, -0.2) is 21.6 Å². The summed E-state index contributed by atoms with van der Waals surface area (Å²) in [5, 5.41) is 6.00. The fraction of sp³-hybridized carbons (Fsp3) is 0.292. The third kappa shape index (κ3) is 5.78. The lowest BCUT2D eigenvalue weighted by Gasteiger charge is -2.30. The molecule has 1 heterocycles. The van der Waals surface area contributed by atoms with Crippen LogP contribution in [0.2, 0.25) is 0 Å². The molecule has 1 fully saturated rings. The SMILES string of the molecule is FC(F)(F)c1cc(Oc2ccccc2)nc(NC(=S)NCC2(c3ccccc3)CCCC2)n1. The normalized spacial score (nSPS) is 15.1. The molecular weight excluding hydrogens is 449 g/mol. The van der Waals surface area contributed by atoms with E-state index in [1.165, 1.54) is 5.56 Å². The van der Waals surface area contributed by atoms with E-state index in [1.54, 1.807) is 30.3 Å². The molecule has 1 saturated carbocycles. The zero-order valence-electron chi connectivity index (χ0n) is 17.7. The molecule has 172 valence electrons. The molecule has 33 heavy (non-hydrogen) atoms. The van der Waals surface area contributed by atoms with E-state index < -0.39 is 11.9 Å². The maximum atomic E-state index is 13.4. The maximum absolute atomic E-state index is 13.4. The standard InChI is InChI=1S/C24H23F3N4OS/c25-24(26,27)19-15-20(32-18-11-5-2-6-12-18)30-21(29-19)31-22(33)28-16-23(13-7-8-14-23)17-9-3-1-4-10-17/h1-6,9-12,15H,7-8,13-14,16H2,(H2,28,29,30,31,33).